The van der Waals surface area contributed by atoms with E-state index >= 15 is 0 Å². The molecular weight excluding hydrogens is 252 g/mol. The molecule has 2 rings (SSSR count). The standard InChI is InChI=1S/C17H20OS/c18-16(14-19-17-12-5-2-6-13-17)11-7-10-15-8-3-1-4-9-15/h1-6,8-9,12-13,16,18H,7,10-11,14H2. The highest BCUT2D eigenvalue weighted by Gasteiger charge is 2.05. The number of aliphatic hydroxyl groups excluding tert-OH is 1. The summed E-state index contributed by atoms with van der Waals surface area (Å²) in [6.07, 6.45) is 2.75. The average molecular weight is 272 g/mol. The third kappa shape index (κ3) is 5.50. The summed E-state index contributed by atoms with van der Waals surface area (Å²) in [6.45, 7) is 0. The fraction of sp³-hybridized carbons (Fsp3) is 0.294. The van der Waals surface area contributed by atoms with Gasteiger partial charge in [-0.05, 0) is 37.0 Å². The number of thioether (sulfide) groups is 1. The molecule has 2 aromatic rings. The van der Waals surface area contributed by atoms with Crippen LogP contribution in [-0.2, 0) is 6.42 Å². The van der Waals surface area contributed by atoms with E-state index in [2.05, 4.69) is 36.4 Å². The molecule has 0 aromatic heterocycles. The Labute approximate surface area is 119 Å². The van der Waals surface area contributed by atoms with Gasteiger partial charge in [0.1, 0.15) is 0 Å². The maximum Gasteiger partial charge on any atom is 0.0634 e. The van der Waals surface area contributed by atoms with Crippen LogP contribution in [0.25, 0.3) is 0 Å². The number of hydrogen-bond donors (Lipinski definition) is 1. The second kappa shape index (κ2) is 8.03. The van der Waals surface area contributed by atoms with Gasteiger partial charge in [-0.15, -0.1) is 11.8 Å². The third-order valence-electron chi connectivity index (χ3n) is 3.03. The molecule has 0 spiro atoms. The Kier molecular flexibility index (Phi) is 5.99. The third-order valence-corrected chi connectivity index (χ3v) is 4.19. The van der Waals surface area contributed by atoms with Crippen LogP contribution in [0, 0.1) is 0 Å². The lowest BCUT2D eigenvalue weighted by atomic mass is 10.1. The molecule has 0 amide bonds. The highest BCUT2D eigenvalue weighted by Crippen LogP contribution is 2.19. The van der Waals surface area contributed by atoms with E-state index in [-0.39, 0.29) is 6.10 Å². The summed E-state index contributed by atoms with van der Waals surface area (Å²) in [5, 5.41) is 9.97. The molecule has 1 unspecified atom stereocenters. The first-order valence-electron chi connectivity index (χ1n) is 6.74. The second-order valence-corrected chi connectivity index (χ2v) is 5.75. The summed E-state index contributed by atoms with van der Waals surface area (Å²) in [4.78, 5) is 1.23. The molecule has 0 radical (unpaired) electrons. The zero-order valence-electron chi connectivity index (χ0n) is 11.0. The molecule has 0 aliphatic carbocycles. The van der Waals surface area contributed by atoms with Gasteiger partial charge in [-0.25, -0.2) is 0 Å². The predicted octanol–water partition coefficient (Wildman–Crippen LogP) is 4.16. The van der Waals surface area contributed by atoms with Crippen molar-refractivity contribution in [3.8, 4) is 0 Å². The summed E-state index contributed by atoms with van der Waals surface area (Å²) in [5.41, 5.74) is 1.35. The van der Waals surface area contributed by atoms with E-state index in [0.29, 0.717) is 0 Å². The number of benzene rings is 2. The molecule has 1 N–H and O–H groups in total. The number of aliphatic hydroxyl groups is 1. The molecule has 0 saturated heterocycles. The molecular formula is C17H20OS. The largest absolute Gasteiger partial charge is 0.392 e. The van der Waals surface area contributed by atoms with Crippen molar-refractivity contribution in [3.63, 3.8) is 0 Å². The van der Waals surface area contributed by atoms with Crippen molar-refractivity contribution in [2.24, 2.45) is 0 Å². The van der Waals surface area contributed by atoms with Crippen molar-refractivity contribution in [1.82, 2.24) is 0 Å². The lowest BCUT2D eigenvalue weighted by Crippen LogP contribution is -2.10. The molecule has 100 valence electrons. The summed E-state index contributed by atoms with van der Waals surface area (Å²) in [7, 11) is 0. The van der Waals surface area contributed by atoms with Gasteiger partial charge in [0.05, 0.1) is 6.10 Å². The van der Waals surface area contributed by atoms with Crippen LogP contribution in [0.15, 0.2) is 65.6 Å². The van der Waals surface area contributed by atoms with E-state index in [0.717, 1.165) is 25.0 Å². The highest BCUT2D eigenvalue weighted by molar-refractivity contribution is 7.99. The molecule has 1 atom stereocenters. The Morgan fingerprint density at radius 3 is 2.21 bits per heavy atom. The van der Waals surface area contributed by atoms with Crippen LogP contribution < -0.4 is 0 Å². The maximum absolute atomic E-state index is 9.97. The Balaban J connectivity index is 1.64. The van der Waals surface area contributed by atoms with Crippen molar-refractivity contribution < 1.29 is 5.11 Å². The number of rotatable bonds is 7. The minimum atomic E-state index is -0.214. The van der Waals surface area contributed by atoms with Gasteiger partial charge < -0.3 is 5.11 Å². The van der Waals surface area contributed by atoms with Gasteiger partial charge in [0.15, 0.2) is 0 Å². The first-order chi connectivity index (χ1) is 9.34. The summed E-state index contributed by atoms with van der Waals surface area (Å²) in [5.74, 6) is 0.777. The Bertz CT molecular complexity index is 455. The lowest BCUT2D eigenvalue weighted by molar-refractivity contribution is 0.186. The lowest BCUT2D eigenvalue weighted by Gasteiger charge is -2.10. The first kappa shape index (κ1) is 14.2. The van der Waals surface area contributed by atoms with Crippen LogP contribution in [0.2, 0.25) is 0 Å². The Hall–Kier alpha value is -1.25. The fourth-order valence-corrected chi connectivity index (χ4v) is 2.88. The first-order valence-corrected chi connectivity index (χ1v) is 7.73. The molecule has 0 saturated carbocycles. The quantitative estimate of drug-likeness (QED) is 0.764. The smallest absolute Gasteiger partial charge is 0.0634 e. The average Bonchev–Trinajstić information content (AvgIpc) is 2.47. The summed E-state index contributed by atoms with van der Waals surface area (Å²) in [6, 6.07) is 20.7. The number of aryl methyl sites for hydroxylation is 1. The Morgan fingerprint density at radius 1 is 0.895 bits per heavy atom. The molecule has 1 nitrogen and oxygen atoms in total. The van der Waals surface area contributed by atoms with Crippen molar-refractivity contribution in [2.75, 3.05) is 5.75 Å². The zero-order chi connectivity index (χ0) is 13.3. The minimum absolute atomic E-state index is 0.214. The van der Waals surface area contributed by atoms with Gasteiger partial charge in [0.25, 0.3) is 0 Å². The van der Waals surface area contributed by atoms with E-state index in [1.165, 1.54) is 10.5 Å². The van der Waals surface area contributed by atoms with Crippen LogP contribution in [0.1, 0.15) is 18.4 Å². The van der Waals surface area contributed by atoms with Crippen LogP contribution in [-0.4, -0.2) is 17.0 Å². The Morgan fingerprint density at radius 2 is 1.53 bits per heavy atom. The summed E-state index contributed by atoms with van der Waals surface area (Å²) < 4.78 is 0. The topological polar surface area (TPSA) is 20.2 Å². The molecule has 2 aromatic carbocycles. The predicted molar refractivity (Wildman–Crippen MR) is 82.6 cm³/mol. The van der Waals surface area contributed by atoms with Gasteiger partial charge >= 0.3 is 0 Å². The van der Waals surface area contributed by atoms with E-state index in [4.69, 9.17) is 0 Å². The van der Waals surface area contributed by atoms with E-state index in [1.54, 1.807) is 11.8 Å². The number of hydrogen-bond acceptors (Lipinski definition) is 2. The van der Waals surface area contributed by atoms with Gasteiger partial charge in [-0.2, -0.15) is 0 Å². The zero-order valence-corrected chi connectivity index (χ0v) is 11.9. The van der Waals surface area contributed by atoms with Crippen LogP contribution >= 0.6 is 11.8 Å². The second-order valence-electron chi connectivity index (χ2n) is 4.66. The SMILES string of the molecule is OC(CCCc1ccccc1)CSc1ccccc1. The molecule has 0 fully saturated rings. The minimum Gasteiger partial charge on any atom is -0.392 e. The van der Waals surface area contributed by atoms with Crippen LogP contribution in [0.3, 0.4) is 0 Å². The monoisotopic (exact) mass is 272 g/mol. The highest BCUT2D eigenvalue weighted by atomic mass is 32.2. The van der Waals surface area contributed by atoms with Gasteiger partial charge in [-0.1, -0.05) is 48.5 Å². The van der Waals surface area contributed by atoms with Crippen LogP contribution in [0.4, 0.5) is 0 Å². The maximum atomic E-state index is 9.97. The molecule has 0 heterocycles. The normalized spacial score (nSPS) is 12.3. The molecule has 0 aliphatic heterocycles. The van der Waals surface area contributed by atoms with E-state index in [9.17, 15) is 5.11 Å². The molecule has 0 aliphatic rings. The summed E-state index contributed by atoms with van der Waals surface area (Å²) >= 11 is 1.72. The van der Waals surface area contributed by atoms with Crippen molar-refractivity contribution in [2.45, 2.75) is 30.3 Å². The van der Waals surface area contributed by atoms with E-state index in [1.807, 2.05) is 24.3 Å². The fourth-order valence-electron chi connectivity index (χ4n) is 1.98. The molecule has 0 bridgehead atoms. The van der Waals surface area contributed by atoms with Gasteiger partial charge in [-0.3, -0.25) is 0 Å². The van der Waals surface area contributed by atoms with Gasteiger partial charge in [0, 0.05) is 10.6 Å². The molecule has 2 heteroatoms. The van der Waals surface area contributed by atoms with Crippen LogP contribution in [0.5, 0.6) is 0 Å². The van der Waals surface area contributed by atoms with Crippen molar-refractivity contribution in [3.05, 3.63) is 66.2 Å². The van der Waals surface area contributed by atoms with Crippen molar-refractivity contribution in [1.29, 1.82) is 0 Å². The van der Waals surface area contributed by atoms with Gasteiger partial charge in [0.2, 0.25) is 0 Å². The van der Waals surface area contributed by atoms with Crippen molar-refractivity contribution >= 4 is 11.8 Å². The molecule has 19 heavy (non-hydrogen) atoms. The van der Waals surface area contributed by atoms with E-state index < -0.39 is 0 Å².